The quantitative estimate of drug-likeness (QED) is 0.525. The first-order valence-corrected chi connectivity index (χ1v) is 3.67. The molecule has 1 heterocycles. The van der Waals surface area contributed by atoms with Crippen LogP contribution < -0.4 is 0 Å². The predicted molar refractivity (Wildman–Crippen MR) is 35.8 cm³/mol. The number of carbonyl (C=O) groups excluding carboxylic acids is 1. The van der Waals surface area contributed by atoms with E-state index in [9.17, 15) is 4.79 Å². The maximum atomic E-state index is 9.91. The van der Waals surface area contributed by atoms with Gasteiger partial charge in [-0.2, -0.15) is 0 Å². The third kappa shape index (κ3) is 1.37. The highest BCUT2D eigenvalue weighted by Gasteiger charge is 2.02. The molecule has 0 aromatic heterocycles. The zero-order chi connectivity index (χ0) is 5.82. The smallest absolute Gasteiger partial charge is 0.124 e. The second-order valence-corrected chi connectivity index (χ2v) is 2.90. The Labute approximate surface area is 53.2 Å². The van der Waals surface area contributed by atoms with Crippen molar-refractivity contribution >= 4 is 18.0 Å². The maximum Gasteiger partial charge on any atom is 0.124 e. The first-order valence-electron chi connectivity index (χ1n) is 2.69. The molecule has 0 radical (unpaired) electrons. The lowest BCUT2D eigenvalue weighted by molar-refractivity contribution is -0.107. The highest BCUT2D eigenvalue weighted by atomic mass is 32.2. The molecule has 44 valence electrons. The van der Waals surface area contributed by atoms with Crippen molar-refractivity contribution in [1.82, 2.24) is 0 Å². The van der Waals surface area contributed by atoms with Gasteiger partial charge in [-0.05, 0) is 11.3 Å². The van der Waals surface area contributed by atoms with Gasteiger partial charge in [-0.1, -0.05) is 6.08 Å². The third-order valence-electron chi connectivity index (χ3n) is 1.06. The summed E-state index contributed by atoms with van der Waals surface area (Å²) in [5.41, 5.74) is 0. The van der Waals surface area contributed by atoms with Crippen LogP contribution in [0.4, 0.5) is 0 Å². The Morgan fingerprint density at radius 1 is 1.88 bits per heavy atom. The summed E-state index contributed by atoms with van der Waals surface area (Å²) in [5, 5.41) is 0. The Hall–Kier alpha value is -0.240. The second kappa shape index (κ2) is 2.92. The van der Waals surface area contributed by atoms with Gasteiger partial charge in [0.2, 0.25) is 0 Å². The van der Waals surface area contributed by atoms with E-state index in [4.69, 9.17) is 0 Å². The predicted octanol–water partition coefficient (Wildman–Crippen LogP) is 1.60. The van der Waals surface area contributed by atoms with Crippen molar-refractivity contribution in [3.8, 4) is 0 Å². The summed E-state index contributed by atoms with van der Waals surface area (Å²) in [4.78, 5) is 11.2. The van der Waals surface area contributed by atoms with Crippen LogP contribution in [0.1, 0.15) is 12.8 Å². The molecule has 0 fully saturated rings. The van der Waals surface area contributed by atoms with Gasteiger partial charge < -0.3 is 4.79 Å². The van der Waals surface area contributed by atoms with Crippen molar-refractivity contribution in [3.05, 3.63) is 11.0 Å². The van der Waals surface area contributed by atoms with Crippen LogP contribution in [0.15, 0.2) is 11.0 Å². The van der Waals surface area contributed by atoms with E-state index in [1.807, 2.05) is 0 Å². The maximum absolute atomic E-state index is 9.91. The van der Waals surface area contributed by atoms with E-state index in [2.05, 4.69) is 6.08 Å². The van der Waals surface area contributed by atoms with Crippen LogP contribution >= 0.6 is 11.8 Å². The summed E-state index contributed by atoms with van der Waals surface area (Å²) < 4.78 is 0. The molecule has 0 N–H and O–H groups in total. The Morgan fingerprint density at radius 3 is 3.25 bits per heavy atom. The number of allylic oxidation sites excluding steroid dienone is 2. The Balaban J connectivity index is 2.33. The zero-order valence-corrected chi connectivity index (χ0v) is 5.41. The van der Waals surface area contributed by atoms with Gasteiger partial charge in [0, 0.05) is 12.2 Å². The molecule has 0 aromatic rings. The zero-order valence-electron chi connectivity index (χ0n) is 4.59. The Morgan fingerprint density at radius 2 is 2.75 bits per heavy atom. The van der Waals surface area contributed by atoms with Crippen molar-refractivity contribution in [2.75, 3.05) is 5.75 Å². The summed E-state index contributed by atoms with van der Waals surface area (Å²) in [5.74, 6) is 1.17. The molecule has 0 bridgehead atoms. The van der Waals surface area contributed by atoms with Gasteiger partial charge in [0.15, 0.2) is 0 Å². The molecule has 0 saturated heterocycles. The number of aldehydes is 1. The van der Waals surface area contributed by atoms with Gasteiger partial charge in [-0.3, -0.25) is 0 Å². The number of hydrogen-bond donors (Lipinski definition) is 0. The molecule has 1 nitrogen and oxygen atoms in total. The number of thioether (sulfide) groups is 1. The average molecular weight is 128 g/mol. The normalized spacial score (nSPS) is 18.2. The topological polar surface area (TPSA) is 17.1 Å². The summed E-state index contributed by atoms with van der Waals surface area (Å²) in [6.07, 6.45) is 4.88. The first kappa shape index (κ1) is 5.89. The molecule has 8 heavy (non-hydrogen) atoms. The van der Waals surface area contributed by atoms with Crippen LogP contribution in [0.5, 0.6) is 0 Å². The lowest BCUT2D eigenvalue weighted by Gasteiger charge is -1.88. The lowest BCUT2D eigenvalue weighted by atomic mass is 10.3. The first-order chi connectivity index (χ1) is 3.93. The summed E-state index contributed by atoms with van der Waals surface area (Å²) >= 11 is 1.80. The van der Waals surface area contributed by atoms with Crippen molar-refractivity contribution < 1.29 is 4.79 Å². The van der Waals surface area contributed by atoms with Crippen LogP contribution in [-0.4, -0.2) is 12.0 Å². The van der Waals surface area contributed by atoms with Crippen molar-refractivity contribution in [2.45, 2.75) is 12.8 Å². The second-order valence-electron chi connectivity index (χ2n) is 1.68. The standard InChI is InChI=1S/C6H8OS/c7-4-3-6-2-1-5-8-6/h2,4H,1,3,5H2. The molecular formula is C6H8OS. The molecule has 0 atom stereocenters. The molecule has 0 unspecified atom stereocenters. The van der Waals surface area contributed by atoms with E-state index in [1.165, 1.54) is 10.7 Å². The number of rotatable bonds is 2. The third-order valence-corrected chi connectivity index (χ3v) is 2.21. The van der Waals surface area contributed by atoms with Crippen molar-refractivity contribution in [2.24, 2.45) is 0 Å². The van der Waals surface area contributed by atoms with Crippen LogP contribution in [0.2, 0.25) is 0 Å². The minimum absolute atomic E-state index is 0.630. The van der Waals surface area contributed by atoms with Crippen LogP contribution in [0.3, 0.4) is 0 Å². The molecule has 0 aromatic carbocycles. The van der Waals surface area contributed by atoms with Crippen molar-refractivity contribution in [1.29, 1.82) is 0 Å². The van der Waals surface area contributed by atoms with E-state index >= 15 is 0 Å². The van der Waals surface area contributed by atoms with Crippen LogP contribution in [0, 0.1) is 0 Å². The fourth-order valence-electron chi connectivity index (χ4n) is 0.693. The fraction of sp³-hybridized carbons (Fsp3) is 0.500. The summed E-state index contributed by atoms with van der Waals surface area (Å²) in [7, 11) is 0. The van der Waals surface area contributed by atoms with E-state index in [1.54, 1.807) is 11.8 Å². The number of hydrogen-bond acceptors (Lipinski definition) is 2. The van der Waals surface area contributed by atoms with E-state index < -0.39 is 0 Å². The molecule has 0 amide bonds. The molecule has 2 heteroatoms. The molecule has 0 saturated carbocycles. The molecule has 1 aliphatic heterocycles. The van der Waals surface area contributed by atoms with Crippen LogP contribution in [-0.2, 0) is 4.79 Å². The van der Waals surface area contributed by atoms with Crippen molar-refractivity contribution in [3.63, 3.8) is 0 Å². The molecule has 0 aliphatic carbocycles. The molecule has 1 aliphatic rings. The van der Waals surface area contributed by atoms with Gasteiger partial charge in [-0.15, -0.1) is 11.8 Å². The fourth-order valence-corrected chi connectivity index (χ4v) is 1.61. The van der Waals surface area contributed by atoms with Gasteiger partial charge in [0.05, 0.1) is 0 Å². The van der Waals surface area contributed by atoms with E-state index in [0.717, 1.165) is 12.7 Å². The minimum Gasteiger partial charge on any atom is -0.303 e. The number of carbonyl (C=O) groups is 1. The lowest BCUT2D eigenvalue weighted by Crippen LogP contribution is -1.72. The molecule has 0 spiro atoms. The van der Waals surface area contributed by atoms with Gasteiger partial charge in [0.1, 0.15) is 6.29 Å². The van der Waals surface area contributed by atoms with Gasteiger partial charge in [0.25, 0.3) is 0 Å². The average Bonchev–Trinajstić information content (AvgIpc) is 2.19. The Bertz CT molecular complexity index is 118. The summed E-state index contributed by atoms with van der Waals surface area (Å²) in [6.45, 7) is 0. The monoisotopic (exact) mass is 128 g/mol. The molecular weight excluding hydrogens is 120 g/mol. The minimum atomic E-state index is 0.630. The SMILES string of the molecule is O=CCC1=CCCS1. The van der Waals surface area contributed by atoms with E-state index in [0.29, 0.717) is 6.42 Å². The largest absolute Gasteiger partial charge is 0.303 e. The van der Waals surface area contributed by atoms with Gasteiger partial charge >= 0.3 is 0 Å². The highest BCUT2D eigenvalue weighted by molar-refractivity contribution is 8.03. The van der Waals surface area contributed by atoms with Crippen LogP contribution in [0.25, 0.3) is 0 Å². The molecule has 1 rings (SSSR count). The highest BCUT2D eigenvalue weighted by Crippen LogP contribution is 2.25. The Kier molecular flexibility index (Phi) is 2.15. The van der Waals surface area contributed by atoms with Gasteiger partial charge in [-0.25, -0.2) is 0 Å². The van der Waals surface area contributed by atoms with E-state index in [-0.39, 0.29) is 0 Å². The summed E-state index contributed by atoms with van der Waals surface area (Å²) in [6, 6.07) is 0.